The second-order valence-electron chi connectivity index (χ2n) is 5.85. The number of methoxy groups -OCH3 is 1. The first-order valence-electron chi connectivity index (χ1n) is 7.75. The molecule has 0 aromatic heterocycles. The lowest BCUT2D eigenvalue weighted by Gasteiger charge is -2.31. The maximum absolute atomic E-state index is 12.5. The van der Waals surface area contributed by atoms with E-state index in [9.17, 15) is 4.79 Å². The quantitative estimate of drug-likeness (QED) is 0.905. The Labute approximate surface area is 127 Å². The lowest BCUT2D eigenvalue weighted by molar-refractivity contribution is -0.133. The smallest absolute Gasteiger partial charge is 0.239 e. The molecule has 0 aliphatic carbocycles. The van der Waals surface area contributed by atoms with Crippen molar-refractivity contribution in [3.63, 3.8) is 0 Å². The van der Waals surface area contributed by atoms with Crippen LogP contribution in [0.1, 0.15) is 31.7 Å². The molecular formula is C17H26N2O2. The first-order chi connectivity index (χ1) is 10.1. The first kappa shape index (κ1) is 15.8. The predicted molar refractivity (Wildman–Crippen MR) is 84.3 cm³/mol. The molecule has 2 unspecified atom stereocenters. The van der Waals surface area contributed by atoms with E-state index in [0.717, 1.165) is 30.7 Å². The molecule has 1 amide bonds. The van der Waals surface area contributed by atoms with Crippen molar-refractivity contribution in [2.75, 3.05) is 20.7 Å². The molecule has 4 heteroatoms. The minimum absolute atomic E-state index is 0.0213. The summed E-state index contributed by atoms with van der Waals surface area (Å²) in [6, 6.07) is 7.85. The summed E-state index contributed by atoms with van der Waals surface area (Å²) >= 11 is 0. The van der Waals surface area contributed by atoms with Crippen molar-refractivity contribution in [3.8, 4) is 5.75 Å². The fourth-order valence-corrected chi connectivity index (χ4v) is 2.90. The number of piperidine rings is 1. The number of amides is 1. The van der Waals surface area contributed by atoms with Crippen LogP contribution < -0.4 is 10.1 Å². The summed E-state index contributed by atoms with van der Waals surface area (Å²) in [7, 11) is 3.54. The van der Waals surface area contributed by atoms with Gasteiger partial charge in [-0.05, 0) is 43.0 Å². The SMILES string of the molecule is CCC1CCNC(C(=O)N(C)Cc2ccc(OC)cc2)C1. The van der Waals surface area contributed by atoms with Gasteiger partial charge in [0.15, 0.2) is 0 Å². The van der Waals surface area contributed by atoms with E-state index in [1.54, 1.807) is 7.11 Å². The Balaban J connectivity index is 1.92. The molecule has 1 saturated heterocycles. The van der Waals surface area contributed by atoms with Crippen LogP contribution in [0.15, 0.2) is 24.3 Å². The molecule has 1 aliphatic rings. The van der Waals surface area contributed by atoms with E-state index in [4.69, 9.17) is 4.74 Å². The molecule has 21 heavy (non-hydrogen) atoms. The second-order valence-corrected chi connectivity index (χ2v) is 5.85. The van der Waals surface area contributed by atoms with Gasteiger partial charge in [0, 0.05) is 13.6 Å². The maximum atomic E-state index is 12.5. The van der Waals surface area contributed by atoms with Crippen LogP contribution in [-0.4, -0.2) is 37.6 Å². The van der Waals surface area contributed by atoms with Crippen LogP contribution in [-0.2, 0) is 11.3 Å². The Kier molecular flexibility index (Phi) is 5.62. The lowest BCUT2D eigenvalue weighted by atomic mass is 9.90. The van der Waals surface area contributed by atoms with Crippen molar-refractivity contribution < 1.29 is 9.53 Å². The zero-order valence-electron chi connectivity index (χ0n) is 13.3. The third-order valence-corrected chi connectivity index (χ3v) is 4.34. The van der Waals surface area contributed by atoms with E-state index in [0.29, 0.717) is 12.5 Å². The number of nitrogens with one attached hydrogen (secondary N) is 1. The van der Waals surface area contributed by atoms with Gasteiger partial charge >= 0.3 is 0 Å². The summed E-state index contributed by atoms with van der Waals surface area (Å²) in [5.74, 6) is 1.71. The molecule has 0 radical (unpaired) electrons. The van der Waals surface area contributed by atoms with Crippen LogP contribution in [0.2, 0.25) is 0 Å². The summed E-state index contributed by atoms with van der Waals surface area (Å²) in [5.41, 5.74) is 1.12. The highest BCUT2D eigenvalue weighted by Gasteiger charge is 2.27. The number of carbonyl (C=O) groups is 1. The normalized spacial score (nSPS) is 21.9. The molecule has 2 rings (SSSR count). The molecule has 1 N–H and O–H groups in total. The van der Waals surface area contributed by atoms with Crippen molar-refractivity contribution in [2.45, 2.75) is 38.8 Å². The summed E-state index contributed by atoms with van der Waals surface area (Å²) in [4.78, 5) is 14.3. The number of ether oxygens (including phenoxy) is 1. The molecule has 1 aromatic rings. The van der Waals surface area contributed by atoms with Crippen molar-refractivity contribution in [3.05, 3.63) is 29.8 Å². The molecule has 1 heterocycles. The van der Waals surface area contributed by atoms with Gasteiger partial charge < -0.3 is 15.0 Å². The van der Waals surface area contributed by atoms with Crippen molar-refractivity contribution in [2.24, 2.45) is 5.92 Å². The Morgan fingerprint density at radius 1 is 1.38 bits per heavy atom. The van der Waals surface area contributed by atoms with Crippen LogP contribution in [0, 0.1) is 5.92 Å². The van der Waals surface area contributed by atoms with Crippen molar-refractivity contribution >= 4 is 5.91 Å². The van der Waals surface area contributed by atoms with E-state index >= 15 is 0 Å². The Hall–Kier alpha value is -1.55. The maximum Gasteiger partial charge on any atom is 0.239 e. The largest absolute Gasteiger partial charge is 0.497 e. The lowest BCUT2D eigenvalue weighted by Crippen LogP contribution is -2.49. The van der Waals surface area contributed by atoms with Gasteiger partial charge in [-0.3, -0.25) is 4.79 Å². The molecule has 4 nitrogen and oxygen atoms in total. The van der Waals surface area contributed by atoms with Gasteiger partial charge in [0.25, 0.3) is 0 Å². The van der Waals surface area contributed by atoms with Crippen LogP contribution in [0.3, 0.4) is 0 Å². The standard InChI is InChI=1S/C17H26N2O2/c1-4-13-9-10-18-16(11-13)17(20)19(2)12-14-5-7-15(21-3)8-6-14/h5-8,13,16,18H,4,9-12H2,1-3H3. The highest BCUT2D eigenvalue weighted by atomic mass is 16.5. The monoisotopic (exact) mass is 290 g/mol. The highest BCUT2D eigenvalue weighted by Crippen LogP contribution is 2.21. The van der Waals surface area contributed by atoms with E-state index in [1.165, 1.54) is 6.42 Å². The zero-order valence-corrected chi connectivity index (χ0v) is 13.3. The number of carbonyl (C=O) groups excluding carboxylic acids is 1. The topological polar surface area (TPSA) is 41.6 Å². The van der Waals surface area contributed by atoms with Gasteiger partial charge in [-0.25, -0.2) is 0 Å². The number of hydrogen-bond acceptors (Lipinski definition) is 3. The molecule has 1 aromatic carbocycles. The van der Waals surface area contributed by atoms with Gasteiger partial charge in [0.2, 0.25) is 5.91 Å². The third-order valence-electron chi connectivity index (χ3n) is 4.34. The van der Waals surface area contributed by atoms with Gasteiger partial charge in [0.05, 0.1) is 13.2 Å². The van der Waals surface area contributed by atoms with Crippen LogP contribution in [0.4, 0.5) is 0 Å². The van der Waals surface area contributed by atoms with E-state index in [2.05, 4.69) is 12.2 Å². The molecular weight excluding hydrogens is 264 g/mol. The molecule has 116 valence electrons. The van der Waals surface area contributed by atoms with Crippen LogP contribution in [0.5, 0.6) is 5.75 Å². The number of hydrogen-bond donors (Lipinski definition) is 1. The van der Waals surface area contributed by atoms with E-state index in [1.807, 2.05) is 36.2 Å². The van der Waals surface area contributed by atoms with Gasteiger partial charge in [-0.2, -0.15) is 0 Å². The molecule has 0 saturated carbocycles. The van der Waals surface area contributed by atoms with Crippen molar-refractivity contribution in [1.82, 2.24) is 10.2 Å². The Bertz CT molecular complexity index is 458. The third kappa shape index (κ3) is 4.21. The molecule has 1 aliphatic heterocycles. The summed E-state index contributed by atoms with van der Waals surface area (Å²) in [5, 5.41) is 3.36. The van der Waals surface area contributed by atoms with Gasteiger partial charge in [-0.15, -0.1) is 0 Å². The average molecular weight is 290 g/mol. The number of benzene rings is 1. The Morgan fingerprint density at radius 3 is 2.71 bits per heavy atom. The first-order valence-corrected chi connectivity index (χ1v) is 7.75. The number of likely N-dealkylation sites (N-methyl/N-ethyl adjacent to an activating group) is 1. The van der Waals surface area contributed by atoms with Gasteiger partial charge in [0.1, 0.15) is 5.75 Å². The number of nitrogens with zero attached hydrogens (tertiary/aromatic N) is 1. The molecule has 0 spiro atoms. The van der Waals surface area contributed by atoms with Crippen LogP contribution >= 0.6 is 0 Å². The summed E-state index contributed by atoms with van der Waals surface area (Å²) in [6.45, 7) is 3.79. The molecule has 1 fully saturated rings. The van der Waals surface area contributed by atoms with Crippen LogP contribution in [0.25, 0.3) is 0 Å². The van der Waals surface area contributed by atoms with Gasteiger partial charge in [-0.1, -0.05) is 25.5 Å². The fraction of sp³-hybridized carbons (Fsp3) is 0.588. The molecule has 0 bridgehead atoms. The fourth-order valence-electron chi connectivity index (χ4n) is 2.90. The number of rotatable bonds is 5. The highest BCUT2D eigenvalue weighted by molar-refractivity contribution is 5.81. The predicted octanol–water partition coefficient (Wildman–Crippen LogP) is 2.43. The minimum Gasteiger partial charge on any atom is -0.497 e. The Morgan fingerprint density at radius 2 is 2.10 bits per heavy atom. The second kappa shape index (κ2) is 7.46. The minimum atomic E-state index is -0.0213. The van der Waals surface area contributed by atoms with E-state index in [-0.39, 0.29) is 11.9 Å². The van der Waals surface area contributed by atoms with E-state index < -0.39 is 0 Å². The summed E-state index contributed by atoms with van der Waals surface area (Å²) in [6.07, 6.45) is 3.30. The molecule has 2 atom stereocenters. The summed E-state index contributed by atoms with van der Waals surface area (Å²) < 4.78 is 5.15. The van der Waals surface area contributed by atoms with Crippen molar-refractivity contribution in [1.29, 1.82) is 0 Å². The average Bonchev–Trinajstić information content (AvgIpc) is 2.54. The zero-order chi connectivity index (χ0) is 15.2.